The fourth-order valence-corrected chi connectivity index (χ4v) is 3.14. The second kappa shape index (κ2) is 7.47. The number of amides is 2. The minimum Gasteiger partial charge on any atom is -0.342 e. The van der Waals surface area contributed by atoms with Crippen LogP contribution in [0.5, 0.6) is 0 Å². The summed E-state index contributed by atoms with van der Waals surface area (Å²) in [6.07, 6.45) is 1.63. The predicted octanol–water partition coefficient (Wildman–Crippen LogP) is 3.69. The topological polar surface area (TPSA) is 49.4 Å². The van der Waals surface area contributed by atoms with E-state index < -0.39 is 0 Å². The maximum absolute atomic E-state index is 13.1. The third-order valence-corrected chi connectivity index (χ3v) is 4.55. The van der Waals surface area contributed by atoms with Crippen molar-refractivity contribution in [2.75, 3.05) is 18.4 Å². The molecule has 1 atom stereocenters. The van der Waals surface area contributed by atoms with Crippen LogP contribution < -0.4 is 5.32 Å². The Labute approximate surface area is 146 Å². The molecule has 0 spiro atoms. The molecule has 1 saturated heterocycles. The molecule has 2 aromatic rings. The molecule has 1 aliphatic rings. The Morgan fingerprint density at radius 3 is 2.60 bits per heavy atom. The van der Waals surface area contributed by atoms with E-state index in [1.807, 2.05) is 24.3 Å². The van der Waals surface area contributed by atoms with E-state index in [9.17, 15) is 14.0 Å². The van der Waals surface area contributed by atoms with Crippen molar-refractivity contribution < 1.29 is 14.0 Å². The summed E-state index contributed by atoms with van der Waals surface area (Å²) in [5.41, 5.74) is 2.50. The zero-order chi connectivity index (χ0) is 17.8. The molecule has 0 aromatic heterocycles. The van der Waals surface area contributed by atoms with Gasteiger partial charge in [-0.2, -0.15) is 0 Å². The van der Waals surface area contributed by atoms with Crippen molar-refractivity contribution in [3.8, 4) is 11.1 Å². The van der Waals surface area contributed by atoms with Gasteiger partial charge in [0.1, 0.15) is 5.82 Å². The van der Waals surface area contributed by atoms with E-state index in [-0.39, 0.29) is 23.5 Å². The molecular formula is C20H21FN2O2. The molecule has 1 heterocycles. The van der Waals surface area contributed by atoms with Gasteiger partial charge in [0.05, 0.1) is 5.92 Å². The number of anilines is 1. The number of hydrogen-bond acceptors (Lipinski definition) is 2. The van der Waals surface area contributed by atoms with Crippen molar-refractivity contribution in [2.24, 2.45) is 5.92 Å². The monoisotopic (exact) mass is 340 g/mol. The Morgan fingerprint density at radius 1 is 1.12 bits per heavy atom. The number of benzene rings is 2. The molecule has 2 aromatic carbocycles. The minimum atomic E-state index is -0.277. The molecule has 1 aliphatic heterocycles. The molecule has 0 aliphatic carbocycles. The zero-order valence-electron chi connectivity index (χ0n) is 14.2. The van der Waals surface area contributed by atoms with Gasteiger partial charge in [-0.05, 0) is 48.2 Å². The fraction of sp³-hybridized carbons (Fsp3) is 0.300. The first-order chi connectivity index (χ1) is 12.0. The molecule has 130 valence electrons. The lowest BCUT2D eigenvalue weighted by molar-refractivity contribution is -0.132. The SMILES string of the molecule is CC(=O)N1CCCC(C(=O)Nc2cccc(-c3ccc(F)cc3)c2)C1. The Balaban J connectivity index is 1.70. The van der Waals surface area contributed by atoms with Gasteiger partial charge < -0.3 is 10.2 Å². The highest BCUT2D eigenvalue weighted by Crippen LogP contribution is 2.24. The predicted molar refractivity (Wildman–Crippen MR) is 95.4 cm³/mol. The van der Waals surface area contributed by atoms with Crippen LogP contribution in [0.25, 0.3) is 11.1 Å². The van der Waals surface area contributed by atoms with Crippen LogP contribution in [0, 0.1) is 11.7 Å². The van der Waals surface area contributed by atoms with Gasteiger partial charge in [-0.1, -0.05) is 24.3 Å². The van der Waals surface area contributed by atoms with Crippen LogP contribution in [0.4, 0.5) is 10.1 Å². The second-order valence-corrected chi connectivity index (χ2v) is 6.38. The average Bonchev–Trinajstić information content (AvgIpc) is 2.62. The van der Waals surface area contributed by atoms with Gasteiger partial charge in [-0.15, -0.1) is 0 Å². The first-order valence-corrected chi connectivity index (χ1v) is 8.45. The van der Waals surface area contributed by atoms with Gasteiger partial charge in [0.15, 0.2) is 0 Å². The van der Waals surface area contributed by atoms with E-state index in [0.717, 1.165) is 30.5 Å². The second-order valence-electron chi connectivity index (χ2n) is 6.38. The number of likely N-dealkylation sites (tertiary alicyclic amines) is 1. The maximum atomic E-state index is 13.1. The summed E-state index contributed by atoms with van der Waals surface area (Å²) >= 11 is 0. The first kappa shape index (κ1) is 17.1. The van der Waals surface area contributed by atoms with Crippen LogP contribution in [0.3, 0.4) is 0 Å². The van der Waals surface area contributed by atoms with Gasteiger partial charge in [-0.3, -0.25) is 9.59 Å². The molecule has 25 heavy (non-hydrogen) atoms. The van der Waals surface area contributed by atoms with E-state index in [0.29, 0.717) is 12.2 Å². The number of rotatable bonds is 3. The van der Waals surface area contributed by atoms with Crippen molar-refractivity contribution in [3.05, 3.63) is 54.3 Å². The number of carbonyl (C=O) groups excluding carboxylic acids is 2. The summed E-state index contributed by atoms with van der Waals surface area (Å²) in [6, 6.07) is 13.7. The highest BCUT2D eigenvalue weighted by molar-refractivity contribution is 5.93. The normalized spacial score (nSPS) is 17.2. The summed E-state index contributed by atoms with van der Waals surface area (Å²) in [6.45, 7) is 2.73. The molecule has 3 rings (SSSR count). The number of piperidine rings is 1. The third kappa shape index (κ3) is 4.24. The van der Waals surface area contributed by atoms with Crippen LogP contribution >= 0.6 is 0 Å². The Morgan fingerprint density at radius 2 is 1.88 bits per heavy atom. The molecule has 1 fully saturated rings. The summed E-state index contributed by atoms with van der Waals surface area (Å²) < 4.78 is 13.1. The fourth-order valence-electron chi connectivity index (χ4n) is 3.14. The van der Waals surface area contributed by atoms with Crippen LogP contribution in [0.1, 0.15) is 19.8 Å². The Bertz CT molecular complexity index is 774. The van der Waals surface area contributed by atoms with Crippen molar-refractivity contribution in [1.29, 1.82) is 0 Å². The van der Waals surface area contributed by atoms with Gasteiger partial charge in [0, 0.05) is 25.7 Å². The lowest BCUT2D eigenvalue weighted by atomic mass is 9.97. The number of hydrogen-bond donors (Lipinski definition) is 1. The Hall–Kier alpha value is -2.69. The molecular weight excluding hydrogens is 319 g/mol. The quantitative estimate of drug-likeness (QED) is 0.926. The number of nitrogens with zero attached hydrogens (tertiary/aromatic N) is 1. The summed E-state index contributed by atoms with van der Waals surface area (Å²) in [5, 5.41) is 2.94. The average molecular weight is 340 g/mol. The van der Waals surface area contributed by atoms with Gasteiger partial charge in [0.2, 0.25) is 11.8 Å². The molecule has 0 saturated carbocycles. The highest BCUT2D eigenvalue weighted by Gasteiger charge is 2.27. The van der Waals surface area contributed by atoms with Crippen molar-refractivity contribution in [1.82, 2.24) is 4.90 Å². The number of nitrogens with one attached hydrogen (secondary N) is 1. The summed E-state index contributed by atoms with van der Waals surface area (Å²) in [5.74, 6) is -0.523. The molecule has 2 amide bonds. The highest BCUT2D eigenvalue weighted by atomic mass is 19.1. The zero-order valence-corrected chi connectivity index (χ0v) is 14.2. The number of halogens is 1. The van der Waals surface area contributed by atoms with E-state index in [2.05, 4.69) is 5.32 Å². The smallest absolute Gasteiger partial charge is 0.229 e. The van der Waals surface area contributed by atoms with Gasteiger partial charge in [-0.25, -0.2) is 4.39 Å². The van der Waals surface area contributed by atoms with E-state index in [1.165, 1.54) is 19.1 Å². The minimum absolute atomic E-state index is 0.0100. The van der Waals surface area contributed by atoms with E-state index in [1.54, 1.807) is 17.0 Å². The molecule has 1 unspecified atom stereocenters. The lowest BCUT2D eigenvalue weighted by Crippen LogP contribution is -2.42. The molecule has 0 bridgehead atoms. The molecule has 4 nitrogen and oxygen atoms in total. The van der Waals surface area contributed by atoms with Crippen molar-refractivity contribution in [3.63, 3.8) is 0 Å². The largest absolute Gasteiger partial charge is 0.342 e. The van der Waals surface area contributed by atoms with Gasteiger partial charge in [0.25, 0.3) is 0 Å². The maximum Gasteiger partial charge on any atom is 0.229 e. The molecule has 5 heteroatoms. The molecule has 0 radical (unpaired) electrons. The lowest BCUT2D eigenvalue weighted by Gasteiger charge is -2.31. The summed E-state index contributed by atoms with van der Waals surface area (Å²) in [7, 11) is 0. The Kier molecular flexibility index (Phi) is 5.12. The standard InChI is InChI=1S/C20H21FN2O2/c1-14(24)23-11-3-5-17(13-23)20(25)22-19-6-2-4-16(12-19)15-7-9-18(21)10-8-15/h2,4,6-10,12,17H,3,5,11,13H2,1H3,(H,22,25). The van der Waals surface area contributed by atoms with Crippen LogP contribution in [0.2, 0.25) is 0 Å². The number of carbonyl (C=O) groups is 2. The third-order valence-electron chi connectivity index (χ3n) is 4.55. The van der Waals surface area contributed by atoms with E-state index in [4.69, 9.17) is 0 Å². The van der Waals surface area contributed by atoms with E-state index >= 15 is 0 Å². The van der Waals surface area contributed by atoms with Crippen LogP contribution in [-0.4, -0.2) is 29.8 Å². The summed E-state index contributed by atoms with van der Waals surface area (Å²) in [4.78, 5) is 25.8. The van der Waals surface area contributed by atoms with Crippen molar-refractivity contribution >= 4 is 17.5 Å². The van der Waals surface area contributed by atoms with Crippen LogP contribution in [0.15, 0.2) is 48.5 Å². The van der Waals surface area contributed by atoms with Gasteiger partial charge >= 0.3 is 0 Å². The van der Waals surface area contributed by atoms with Crippen LogP contribution in [-0.2, 0) is 9.59 Å². The molecule has 1 N–H and O–H groups in total. The first-order valence-electron chi connectivity index (χ1n) is 8.45. The van der Waals surface area contributed by atoms with Crippen molar-refractivity contribution in [2.45, 2.75) is 19.8 Å².